The van der Waals surface area contributed by atoms with Gasteiger partial charge in [-0.15, -0.1) is 0 Å². The van der Waals surface area contributed by atoms with Gasteiger partial charge in [0.05, 0.1) is 6.54 Å². The van der Waals surface area contributed by atoms with Crippen LogP contribution in [0.3, 0.4) is 0 Å². The van der Waals surface area contributed by atoms with Crippen molar-refractivity contribution >= 4 is 12.2 Å². The highest BCUT2D eigenvalue weighted by atomic mass is 32.1. The number of fused-ring (bicyclic) bond motifs is 1. The van der Waals surface area contributed by atoms with Gasteiger partial charge in [0.2, 0.25) is 11.6 Å². The third-order valence-electron chi connectivity index (χ3n) is 3.09. The summed E-state index contributed by atoms with van der Waals surface area (Å²) in [5.74, 6) is 2.49. The fraction of sp³-hybridized carbons (Fsp3) is 0.385. The van der Waals surface area contributed by atoms with Crippen LogP contribution in [0.1, 0.15) is 24.7 Å². The summed E-state index contributed by atoms with van der Waals surface area (Å²) in [4.78, 5) is 0. The molecule has 7 heteroatoms. The van der Waals surface area contributed by atoms with Crippen LogP contribution in [-0.2, 0) is 13.0 Å². The second-order valence-corrected chi connectivity index (χ2v) is 4.94. The summed E-state index contributed by atoms with van der Waals surface area (Å²) in [6.07, 6.45) is 1.90. The molecule has 0 bridgehead atoms. The Labute approximate surface area is 121 Å². The van der Waals surface area contributed by atoms with E-state index < -0.39 is 0 Å². The molecule has 0 unspecified atom stereocenters. The predicted octanol–water partition coefficient (Wildman–Crippen LogP) is 2.37. The highest BCUT2D eigenvalue weighted by molar-refractivity contribution is 7.71. The van der Waals surface area contributed by atoms with E-state index in [0.29, 0.717) is 18.1 Å². The summed E-state index contributed by atoms with van der Waals surface area (Å²) in [7, 11) is 0. The van der Waals surface area contributed by atoms with Crippen molar-refractivity contribution in [2.75, 3.05) is 12.2 Å². The van der Waals surface area contributed by atoms with Crippen molar-refractivity contribution < 1.29 is 9.47 Å². The lowest BCUT2D eigenvalue weighted by Gasteiger charge is -2.10. The van der Waals surface area contributed by atoms with Crippen molar-refractivity contribution in [3.8, 4) is 11.5 Å². The van der Waals surface area contributed by atoms with E-state index >= 15 is 0 Å². The minimum absolute atomic E-state index is 0.291. The summed E-state index contributed by atoms with van der Waals surface area (Å²) in [6, 6.07) is 5.89. The molecule has 0 saturated carbocycles. The number of H-pyrrole nitrogens is 1. The molecule has 6 nitrogen and oxygen atoms in total. The Morgan fingerprint density at radius 2 is 2.25 bits per heavy atom. The first-order chi connectivity index (χ1) is 9.78. The van der Waals surface area contributed by atoms with Crippen LogP contribution in [0, 0.1) is 4.77 Å². The van der Waals surface area contributed by atoms with E-state index in [1.54, 1.807) is 0 Å². The molecule has 1 aromatic carbocycles. The van der Waals surface area contributed by atoms with E-state index in [1.165, 1.54) is 0 Å². The van der Waals surface area contributed by atoms with Crippen LogP contribution in [0.2, 0.25) is 0 Å². The van der Waals surface area contributed by atoms with E-state index in [4.69, 9.17) is 21.7 Å². The van der Waals surface area contributed by atoms with Crippen LogP contribution in [0.15, 0.2) is 18.2 Å². The van der Waals surface area contributed by atoms with Crippen molar-refractivity contribution in [3.05, 3.63) is 34.4 Å². The van der Waals surface area contributed by atoms with E-state index in [1.807, 2.05) is 22.9 Å². The number of rotatable bonds is 5. The van der Waals surface area contributed by atoms with Gasteiger partial charge in [-0.25, -0.2) is 4.68 Å². The van der Waals surface area contributed by atoms with Gasteiger partial charge in [-0.3, -0.25) is 5.10 Å². The molecule has 0 fully saturated rings. The fourth-order valence-corrected chi connectivity index (χ4v) is 2.32. The van der Waals surface area contributed by atoms with Gasteiger partial charge in [0, 0.05) is 6.42 Å². The number of nitrogens with one attached hydrogen (secondary N) is 2. The fourth-order valence-electron chi connectivity index (χ4n) is 2.11. The second kappa shape index (κ2) is 5.54. The number of aromatic nitrogens is 3. The molecule has 0 amide bonds. The number of hydrogen-bond donors (Lipinski definition) is 2. The van der Waals surface area contributed by atoms with Gasteiger partial charge < -0.3 is 14.9 Å². The molecule has 0 saturated heterocycles. The average Bonchev–Trinajstić information content (AvgIpc) is 3.04. The summed E-state index contributed by atoms with van der Waals surface area (Å²) in [5.41, 5.74) is 4.37. The van der Waals surface area contributed by atoms with E-state index in [2.05, 4.69) is 22.5 Å². The number of ether oxygens (including phenoxy) is 2. The first-order valence-corrected chi connectivity index (χ1v) is 6.97. The molecule has 3 rings (SSSR count). The normalized spacial score (nSPS) is 12.7. The van der Waals surface area contributed by atoms with Crippen LogP contribution in [0.4, 0.5) is 0 Å². The second-order valence-electron chi connectivity index (χ2n) is 4.55. The van der Waals surface area contributed by atoms with Crippen LogP contribution in [-0.4, -0.2) is 21.7 Å². The molecule has 0 atom stereocenters. The first kappa shape index (κ1) is 13.0. The van der Waals surface area contributed by atoms with E-state index in [9.17, 15) is 0 Å². The van der Waals surface area contributed by atoms with Gasteiger partial charge in [-0.05, 0) is 36.3 Å². The van der Waals surface area contributed by atoms with Gasteiger partial charge >= 0.3 is 0 Å². The molecule has 1 aliphatic rings. The monoisotopic (exact) mass is 292 g/mol. The summed E-state index contributed by atoms with van der Waals surface area (Å²) < 4.78 is 13.1. The van der Waals surface area contributed by atoms with Crippen LogP contribution < -0.4 is 14.9 Å². The third kappa shape index (κ3) is 2.49. The Morgan fingerprint density at radius 3 is 3.10 bits per heavy atom. The van der Waals surface area contributed by atoms with Gasteiger partial charge in [0.25, 0.3) is 0 Å². The number of hydrogen-bond acceptors (Lipinski definition) is 5. The van der Waals surface area contributed by atoms with Crippen LogP contribution >= 0.6 is 12.2 Å². The Hall–Kier alpha value is -2.02. The van der Waals surface area contributed by atoms with Gasteiger partial charge in [-0.1, -0.05) is 13.0 Å². The number of aromatic amines is 1. The average molecular weight is 292 g/mol. The maximum absolute atomic E-state index is 5.37. The number of aryl methyl sites for hydroxylation is 1. The quantitative estimate of drug-likeness (QED) is 0.828. The molecule has 20 heavy (non-hydrogen) atoms. The zero-order valence-corrected chi connectivity index (χ0v) is 12.0. The molecule has 0 aliphatic carbocycles. The van der Waals surface area contributed by atoms with Crippen molar-refractivity contribution in [3.63, 3.8) is 0 Å². The van der Waals surface area contributed by atoms with Crippen molar-refractivity contribution in [2.24, 2.45) is 0 Å². The summed E-state index contributed by atoms with van der Waals surface area (Å²) in [5, 5.41) is 7.02. The highest BCUT2D eigenvalue weighted by Gasteiger charge is 2.13. The molecule has 0 radical (unpaired) electrons. The van der Waals surface area contributed by atoms with Crippen LogP contribution in [0.5, 0.6) is 11.5 Å². The molecule has 1 aliphatic heterocycles. The molecule has 2 N–H and O–H groups in total. The lowest BCUT2D eigenvalue weighted by atomic mass is 10.2. The van der Waals surface area contributed by atoms with Gasteiger partial charge in [-0.2, -0.15) is 5.10 Å². The zero-order chi connectivity index (χ0) is 13.9. The summed E-state index contributed by atoms with van der Waals surface area (Å²) in [6.45, 7) is 3.04. The van der Waals surface area contributed by atoms with Gasteiger partial charge in [0.1, 0.15) is 0 Å². The predicted molar refractivity (Wildman–Crippen MR) is 77.0 cm³/mol. The highest BCUT2D eigenvalue weighted by Crippen LogP contribution is 2.32. The SMILES string of the molecule is CCCc1n[nH]c(=S)n1NCc1ccc2c(c1)OCO2. The topological polar surface area (TPSA) is 64.1 Å². The Morgan fingerprint density at radius 1 is 1.40 bits per heavy atom. The lowest BCUT2D eigenvalue weighted by Crippen LogP contribution is -2.17. The van der Waals surface area contributed by atoms with Gasteiger partial charge in [0.15, 0.2) is 17.3 Å². The first-order valence-electron chi connectivity index (χ1n) is 6.56. The molecular formula is C13H16N4O2S. The maximum Gasteiger partial charge on any atom is 0.231 e. The maximum atomic E-state index is 5.37. The Bertz CT molecular complexity index is 665. The molecular weight excluding hydrogens is 276 g/mol. The van der Waals surface area contributed by atoms with E-state index in [0.717, 1.165) is 35.7 Å². The molecule has 2 heterocycles. The smallest absolute Gasteiger partial charge is 0.231 e. The van der Waals surface area contributed by atoms with Crippen molar-refractivity contribution in [1.29, 1.82) is 0 Å². The molecule has 0 spiro atoms. The third-order valence-corrected chi connectivity index (χ3v) is 3.37. The molecule has 2 aromatic rings. The number of nitrogens with zero attached hydrogens (tertiary/aromatic N) is 2. The lowest BCUT2D eigenvalue weighted by molar-refractivity contribution is 0.174. The Kier molecular flexibility index (Phi) is 3.60. The van der Waals surface area contributed by atoms with Crippen LogP contribution in [0.25, 0.3) is 0 Å². The zero-order valence-electron chi connectivity index (χ0n) is 11.2. The van der Waals surface area contributed by atoms with Crippen molar-refractivity contribution in [1.82, 2.24) is 14.9 Å². The number of benzene rings is 1. The largest absolute Gasteiger partial charge is 0.454 e. The standard InChI is InChI=1S/C13H16N4O2S/c1-2-3-12-15-16-13(20)17(12)14-7-9-4-5-10-11(6-9)19-8-18-10/h4-6,14H,2-3,7-8H2,1H3,(H,16,20). The van der Waals surface area contributed by atoms with Crippen molar-refractivity contribution in [2.45, 2.75) is 26.3 Å². The minimum Gasteiger partial charge on any atom is -0.454 e. The van der Waals surface area contributed by atoms with E-state index in [-0.39, 0.29) is 0 Å². The minimum atomic E-state index is 0.291. The molecule has 106 valence electrons. The Balaban J connectivity index is 1.73. The summed E-state index contributed by atoms with van der Waals surface area (Å²) >= 11 is 5.22. The molecule has 1 aromatic heterocycles.